The first-order valence-corrected chi connectivity index (χ1v) is 8.07. The normalized spacial score (nSPS) is 18.9. The second kappa shape index (κ2) is 8.03. The van der Waals surface area contributed by atoms with Crippen LogP contribution in [0.5, 0.6) is 5.75 Å². The molecule has 1 fully saturated rings. The second-order valence-electron chi connectivity index (χ2n) is 5.95. The van der Waals surface area contributed by atoms with Crippen LogP contribution < -0.4 is 15.8 Å². The van der Waals surface area contributed by atoms with E-state index in [0.29, 0.717) is 29.6 Å². The summed E-state index contributed by atoms with van der Waals surface area (Å²) >= 11 is 0. The lowest BCUT2D eigenvalue weighted by Gasteiger charge is -2.33. The van der Waals surface area contributed by atoms with Gasteiger partial charge in [-0.2, -0.15) is 0 Å². The number of methoxy groups -OCH3 is 1. The molecule has 1 unspecified atom stereocenters. The summed E-state index contributed by atoms with van der Waals surface area (Å²) in [5.41, 5.74) is 6.88. The van der Waals surface area contributed by atoms with E-state index in [1.54, 1.807) is 25.3 Å². The molecular weight excluding hydrogens is 278 g/mol. The van der Waals surface area contributed by atoms with Crippen LogP contribution >= 0.6 is 0 Å². The predicted molar refractivity (Wildman–Crippen MR) is 89.2 cm³/mol. The van der Waals surface area contributed by atoms with Crippen molar-refractivity contribution in [1.29, 1.82) is 0 Å². The van der Waals surface area contributed by atoms with Crippen LogP contribution in [0, 0.1) is 0 Å². The molecule has 22 heavy (non-hydrogen) atoms. The minimum Gasteiger partial charge on any atom is -0.495 e. The number of benzene rings is 1. The molecule has 2 rings (SSSR count). The monoisotopic (exact) mass is 305 g/mol. The molecule has 1 aliphatic heterocycles. The zero-order valence-electron chi connectivity index (χ0n) is 13.6. The molecule has 5 heteroatoms. The average molecular weight is 305 g/mol. The van der Waals surface area contributed by atoms with E-state index in [0.717, 1.165) is 13.0 Å². The molecule has 0 aromatic heterocycles. The largest absolute Gasteiger partial charge is 0.495 e. The number of nitrogens with two attached hydrogens (primary N) is 1. The Kier molecular flexibility index (Phi) is 6.07. The lowest BCUT2D eigenvalue weighted by molar-refractivity contribution is 0.0948. The van der Waals surface area contributed by atoms with Crippen molar-refractivity contribution in [2.45, 2.75) is 38.6 Å². The van der Waals surface area contributed by atoms with Crippen molar-refractivity contribution in [1.82, 2.24) is 10.2 Å². The van der Waals surface area contributed by atoms with Crippen molar-refractivity contribution in [2.75, 3.05) is 32.5 Å². The van der Waals surface area contributed by atoms with Crippen LogP contribution in [0.25, 0.3) is 0 Å². The van der Waals surface area contributed by atoms with E-state index in [1.165, 1.54) is 25.8 Å². The van der Waals surface area contributed by atoms with Gasteiger partial charge in [0, 0.05) is 24.7 Å². The van der Waals surface area contributed by atoms with Gasteiger partial charge in [0.05, 0.1) is 12.8 Å². The van der Waals surface area contributed by atoms with Gasteiger partial charge in [-0.15, -0.1) is 0 Å². The summed E-state index contributed by atoms with van der Waals surface area (Å²) in [6.07, 6.45) is 4.90. The Hall–Kier alpha value is -1.75. The van der Waals surface area contributed by atoms with Crippen LogP contribution in [0.1, 0.15) is 43.0 Å². The molecule has 1 amide bonds. The maximum atomic E-state index is 12.1. The molecule has 0 saturated carbocycles. The van der Waals surface area contributed by atoms with Crippen molar-refractivity contribution in [3.63, 3.8) is 0 Å². The molecule has 0 radical (unpaired) electrons. The number of likely N-dealkylation sites (tertiary alicyclic amines) is 1. The summed E-state index contributed by atoms with van der Waals surface area (Å²) in [6, 6.07) is 5.77. The third-order valence-electron chi connectivity index (χ3n) is 4.34. The first-order valence-electron chi connectivity index (χ1n) is 8.07. The van der Waals surface area contributed by atoms with E-state index < -0.39 is 0 Å². The molecule has 3 N–H and O–H groups in total. The highest BCUT2D eigenvalue weighted by molar-refractivity contribution is 5.95. The number of nitrogens with one attached hydrogen (secondary N) is 1. The van der Waals surface area contributed by atoms with Gasteiger partial charge in [-0.25, -0.2) is 0 Å². The number of amides is 1. The zero-order valence-corrected chi connectivity index (χ0v) is 13.6. The fourth-order valence-electron chi connectivity index (χ4n) is 2.93. The highest BCUT2D eigenvalue weighted by Crippen LogP contribution is 2.22. The Bertz CT molecular complexity index is 505. The number of hydrogen-bond donors (Lipinski definition) is 2. The standard InChI is InChI=1S/C17H27N3O2/c1-13-6-3-4-10-20(13)11-5-9-19-17(21)14-7-8-15(18)16(12-14)22-2/h7-8,12-13H,3-6,9-11,18H2,1-2H3,(H,19,21). The van der Waals surface area contributed by atoms with Gasteiger partial charge in [0.15, 0.2) is 0 Å². The lowest BCUT2D eigenvalue weighted by Crippen LogP contribution is -2.39. The minimum atomic E-state index is -0.0787. The summed E-state index contributed by atoms with van der Waals surface area (Å²) in [5, 5.41) is 2.96. The number of rotatable bonds is 6. The molecule has 1 saturated heterocycles. The van der Waals surface area contributed by atoms with E-state index in [1.807, 2.05) is 0 Å². The summed E-state index contributed by atoms with van der Waals surface area (Å²) in [5.74, 6) is 0.458. The smallest absolute Gasteiger partial charge is 0.251 e. The average Bonchev–Trinajstić information content (AvgIpc) is 2.53. The number of nitrogens with zero attached hydrogens (tertiary/aromatic N) is 1. The van der Waals surface area contributed by atoms with Crippen molar-refractivity contribution in [2.24, 2.45) is 0 Å². The van der Waals surface area contributed by atoms with Crippen LogP contribution in [0.2, 0.25) is 0 Å². The molecule has 122 valence electrons. The van der Waals surface area contributed by atoms with Gasteiger partial charge in [-0.1, -0.05) is 6.42 Å². The summed E-state index contributed by atoms with van der Waals surface area (Å²) in [6.45, 7) is 5.21. The Morgan fingerprint density at radius 3 is 3.00 bits per heavy atom. The highest BCUT2D eigenvalue weighted by Gasteiger charge is 2.17. The molecular formula is C17H27N3O2. The van der Waals surface area contributed by atoms with Crippen molar-refractivity contribution in [3.8, 4) is 5.75 Å². The Labute approximate surface area is 132 Å². The fraction of sp³-hybridized carbons (Fsp3) is 0.588. The van der Waals surface area contributed by atoms with Crippen LogP contribution in [-0.4, -0.2) is 43.6 Å². The Balaban J connectivity index is 1.75. The van der Waals surface area contributed by atoms with E-state index >= 15 is 0 Å². The summed E-state index contributed by atoms with van der Waals surface area (Å²) < 4.78 is 5.14. The summed E-state index contributed by atoms with van der Waals surface area (Å²) in [7, 11) is 1.55. The summed E-state index contributed by atoms with van der Waals surface area (Å²) in [4.78, 5) is 14.6. The first kappa shape index (κ1) is 16.6. The number of piperidine rings is 1. The van der Waals surface area contributed by atoms with Gasteiger partial charge in [-0.05, 0) is 50.9 Å². The van der Waals surface area contributed by atoms with Crippen molar-refractivity contribution in [3.05, 3.63) is 23.8 Å². The SMILES string of the molecule is COc1cc(C(=O)NCCCN2CCCCC2C)ccc1N. The Morgan fingerprint density at radius 1 is 1.45 bits per heavy atom. The van der Waals surface area contributed by atoms with Crippen LogP contribution in [0.3, 0.4) is 0 Å². The van der Waals surface area contributed by atoms with Gasteiger partial charge < -0.3 is 20.7 Å². The topological polar surface area (TPSA) is 67.6 Å². The zero-order chi connectivity index (χ0) is 15.9. The highest BCUT2D eigenvalue weighted by atomic mass is 16.5. The van der Waals surface area contributed by atoms with Crippen LogP contribution in [0.15, 0.2) is 18.2 Å². The number of nitrogen functional groups attached to an aromatic ring is 1. The molecule has 1 aliphatic rings. The van der Waals surface area contributed by atoms with E-state index in [4.69, 9.17) is 10.5 Å². The third kappa shape index (κ3) is 4.37. The van der Waals surface area contributed by atoms with Gasteiger partial charge >= 0.3 is 0 Å². The number of ether oxygens (including phenoxy) is 1. The second-order valence-corrected chi connectivity index (χ2v) is 5.95. The number of hydrogen-bond acceptors (Lipinski definition) is 4. The maximum absolute atomic E-state index is 12.1. The molecule has 1 aromatic rings. The molecule has 0 aliphatic carbocycles. The molecule has 5 nitrogen and oxygen atoms in total. The number of anilines is 1. The number of carbonyl (C=O) groups is 1. The van der Waals surface area contributed by atoms with Gasteiger partial charge in [-0.3, -0.25) is 4.79 Å². The molecule has 1 heterocycles. The molecule has 1 aromatic carbocycles. The van der Waals surface area contributed by atoms with E-state index in [2.05, 4.69) is 17.1 Å². The van der Waals surface area contributed by atoms with Crippen molar-refractivity contribution >= 4 is 11.6 Å². The quantitative estimate of drug-likeness (QED) is 0.625. The first-order chi connectivity index (χ1) is 10.6. The van der Waals surface area contributed by atoms with Gasteiger partial charge in [0.25, 0.3) is 5.91 Å². The molecule has 0 spiro atoms. The minimum absolute atomic E-state index is 0.0787. The Morgan fingerprint density at radius 2 is 2.27 bits per heavy atom. The molecule has 1 atom stereocenters. The third-order valence-corrected chi connectivity index (χ3v) is 4.34. The van der Waals surface area contributed by atoms with Crippen molar-refractivity contribution < 1.29 is 9.53 Å². The van der Waals surface area contributed by atoms with Gasteiger partial charge in [0.1, 0.15) is 5.75 Å². The number of carbonyl (C=O) groups excluding carboxylic acids is 1. The predicted octanol–water partition coefficient (Wildman–Crippen LogP) is 2.27. The van der Waals surface area contributed by atoms with E-state index in [9.17, 15) is 4.79 Å². The molecule has 0 bridgehead atoms. The lowest BCUT2D eigenvalue weighted by atomic mass is 10.0. The maximum Gasteiger partial charge on any atom is 0.251 e. The fourth-order valence-corrected chi connectivity index (χ4v) is 2.93. The van der Waals surface area contributed by atoms with Gasteiger partial charge in [0.2, 0.25) is 0 Å². The van der Waals surface area contributed by atoms with E-state index in [-0.39, 0.29) is 5.91 Å². The van der Waals surface area contributed by atoms with Crippen LogP contribution in [0.4, 0.5) is 5.69 Å². The van der Waals surface area contributed by atoms with Crippen LogP contribution in [-0.2, 0) is 0 Å².